The summed E-state index contributed by atoms with van der Waals surface area (Å²) in [6.07, 6.45) is 0.652. The van der Waals surface area contributed by atoms with Crippen molar-refractivity contribution < 1.29 is 14.3 Å². The lowest BCUT2D eigenvalue weighted by Crippen LogP contribution is -2.09. The molecule has 0 fully saturated rings. The fourth-order valence-electron chi connectivity index (χ4n) is 2.03. The number of esters is 1. The van der Waals surface area contributed by atoms with Gasteiger partial charge in [-0.25, -0.2) is 4.98 Å². The molecule has 0 aliphatic carbocycles. The average Bonchev–Trinajstić information content (AvgIpc) is 2.78. The molecule has 0 atom stereocenters. The van der Waals surface area contributed by atoms with Crippen LogP contribution in [0.3, 0.4) is 0 Å². The maximum Gasteiger partial charge on any atom is 0.306 e. The number of ketones is 1. The van der Waals surface area contributed by atoms with Crippen molar-refractivity contribution in [2.24, 2.45) is 0 Å². The van der Waals surface area contributed by atoms with E-state index in [0.717, 1.165) is 15.2 Å². The number of benzene rings is 1. The number of fused-ring (bicyclic) bond motifs is 1. The van der Waals surface area contributed by atoms with Gasteiger partial charge >= 0.3 is 5.97 Å². The molecule has 5 heteroatoms. The van der Waals surface area contributed by atoms with Gasteiger partial charge in [-0.1, -0.05) is 0 Å². The minimum absolute atomic E-state index is 0.0237. The Morgan fingerprint density at radius 2 is 1.90 bits per heavy atom. The van der Waals surface area contributed by atoms with Crippen LogP contribution in [-0.2, 0) is 20.7 Å². The number of carbonyl (C=O) groups excluding carboxylic acids is 2. The molecule has 2 rings (SSSR count). The monoisotopic (exact) mass is 305 g/mol. The Kier molecular flexibility index (Phi) is 5.07. The maximum absolute atomic E-state index is 11.9. The van der Waals surface area contributed by atoms with Crippen molar-refractivity contribution in [2.75, 3.05) is 6.61 Å². The van der Waals surface area contributed by atoms with Gasteiger partial charge < -0.3 is 4.74 Å². The number of hydrogen-bond donors (Lipinski definition) is 0. The Morgan fingerprint density at radius 1 is 1.19 bits per heavy atom. The normalized spacial score (nSPS) is 10.8. The molecule has 0 amide bonds. The van der Waals surface area contributed by atoms with Crippen LogP contribution in [0.2, 0.25) is 0 Å². The van der Waals surface area contributed by atoms with Gasteiger partial charge in [-0.05, 0) is 44.0 Å². The van der Waals surface area contributed by atoms with Crippen LogP contribution in [-0.4, -0.2) is 23.3 Å². The van der Waals surface area contributed by atoms with Crippen molar-refractivity contribution in [3.8, 4) is 0 Å². The first-order chi connectivity index (χ1) is 9.99. The molecule has 21 heavy (non-hydrogen) atoms. The Morgan fingerprint density at radius 3 is 2.62 bits per heavy atom. The third-order valence-corrected chi connectivity index (χ3v) is 4.33. The first kappa shape index (κ1) is 15.6. The quantitative estimate of drug-likeness (QED) is 0.768. The molecule has 0 unspecified atom stereocenters. The van der Waals surface area contributed by atoms with E-state index < -0.39 is 0 Å². The van der Waals surface area contributed by atoms with Crippen molar-refractivity contribution in [2.45, 2.75) is 40.0 Å². The van der Waals surface area contributed by atoms with E-state index in [-0.39, 0.29) is 31.0 Å². The first-order valence-corrected chi connectivity index (χ1v) is 7.85. The highest BCUT2D eigenvalue weighted by atomic mass is 32.1. The highest BCUT2D eigenvalue weighted by molar-refractivity contribution is 7.18. The summed E-state index contributed by atoms with van der Waals surface area (Å²) in [5, 5.41) is 0.809. The summed E-state index contributed by atoms with van der Waals surface area (Å²) in [7, 11) is 0. The lowest BCUT2D eigenvalue weighted by Gasteiger charge is -2.00. The highest BCUT2D eigenvalue weighted by Crippen LogP contribution is 2.25. The number of carbonyl (C=O) groups is 2. The zero-order valence-electron chi connectivity index (χ0n) is 12.6. The van der Waals surface area contributed by atoms with Gasteiger partial charge in [0.2, 0.25) is 0 Å². The molecule has 1 aromatic heterocycles. The van der Waals surface area contributed by atoms with Gasteiger partial charge in [0.05, 0.1) is 29.7 Å². The predicted octanol–water partition coefficient (Wildman–Crippen LogP) is 3.37. The second-order valence-electron chi connectivity index (χ2n) is 5.03. The van der Waals surface area contributed by atoms with E-state index in [1.54, 1.807) is 18.3 Å². The Balaban J connectivity index is 1.99. The molecule has 0 spiro atoms. The van der Waals surface area contributed by atoms with E-state index in [4.69, 9.17) is 4.74 Å². The summed E-state index contributed by atoms with van der Waals surface area (Å²) in [6.45, 7) is 6.23. The summed E-state index contributed by atoms with van der Waals surface area (Å²) in [5.74, 6) is -0.294. The zero-order valence-corrected chi connectivity index (χ0v) is 13.4. The molecule has 1 aromatic carbocycles. The molecule has 0 bridgehead atoms. The van der Waals surface area contributed by atoms with E-state index >= 15 is 0 Å². The highest BCUT2D eigenvalue weighted by Gasteiger charge is 2.12. The van der Waals surface area contributed by atoms with Gasteiger partial charge in [-0.15, -0.1) is 11.3 Å². The SMILES string of the molecule is CCOC(=O)CCC(=O)Cc1nc2cc(C)c(C)cc2s1. The number of aromatic nitrogens is 1. The predicted molar refractivity (Wildman–Crippen MR) is 83.7 cm³/mol. The molecule has 1 heterocycles. The number of rotatable bonds is 6. The van der Waals surface area contributed by atoms with E-state index in [2.05, 4.69) is 24.9 Å². The van der Waals surface area contributed by atoms with Crippen LogP contribution in [0.25, 0.3) is 10.2 Å². The lowest BCUT2D eigenvalue weighted by atomic mass is 10.1. The van der Waals surface area contributed by atoms with Gasteiger partial charge in [-0.2, -0.15) is 0 Å². The van der Waals surface area contributed by atoms with E-state index in [1.807, 2.05) is 6.07 Å². The minimum atomic E-state index is -0.318. The summed E-state index contributed by atoms with van der Waals surface area (Å²) in [4.78, 5) is 27.6. The summed E-state index contributed by atoms with van der Waals surface area (Å²) >= 11 is 1.54. The third kappa shape index (κ3) is 4.11. The van der Waals surface area contributed by atoms with Crippen molar-refractivity contribution >= 4 is 33.3 Å². The fraction of sp³-hybridized carbons (Fsp3) is 0.438. The molecule has 0 N–H and O–H groups in total. The molecule has 0 saturated carbocycles. The van der Waals surface area contributed by atoms with Gasteiger partial charge in [0, 0.05) is 6.42 Å². The minimum Gasteiger partial charge on any atom is -0.466 e. The third-order valence-electron chi connectivity index (χ3n) is 3.31. The van der Waals surface area contributed by atoms with Crippen LogP contribution < -0.4 is 0 Å². The number of nitrogens with zero attached hydrogens (tertiary/aromatic N) is 1. The van der Waals surface area contributed by atoms with Crippen LogP contribution >= 0.6 is 11.3 Å². The fourth-order valence-corrected chi connectivity index (χ4v) is 3.11. The van der Waals surface area contributed by atoms with E-state index in [1.165, 1.54) is 11.1 Å². The number of Topliss-reactive ketones (excluding diaryl/α,β-unsaturated/α-hetero) is 1. The topological polar surface area (TPSA) is 56.3 Å². The zero-order chi connectivity index (χ0) is 15.4. The molecule has 2 aromatic rings. The van der Waals surface area contributed by atoms with Crippen molar-refractivity contribution in [1.82, 2.24) is 4.98 Å². The van der Waals surface area contributed by atoms with Gasteiger partial charge in [0.15, 0.2) is 0 Å². The van der Waals surface area contributed by atoms with Crippen molar-refractivity contribution in [3.63, 3.8) is 0 Å². The number of hydrogen-bond acceptors (Lipinski definition) is 5. The Labute approximate surface area is 128 Å². The van der Waals surface area contributed by atoms with Gasteiger partial charge in [0.25, 0.3) is 0 Å². The second-order valence-corrected chi connectivity index (χ2v) is 6.15. The van der Waals surface area contributed by atoms with Crippen LogP contribution in [0.5, 0.6) is 0 Å². The lowest BCUT2D eigenvalue weighted by molar-refractivity contribution is -0.144. The number of thiazole rings is 1. The number of ether oxygens (including phenoxy) is 1. The molecular weight excluding hydrogens is 286 g/mol. The summed E-state index contributed by atoms with van der Waals surface area (Å²) in [5.41, 5.74) is 3.37. The van der Waals surface area contributed by atoms with Crippen LogP contribution in [0.4, 0.5) is 0 Å². The molecule has 112 valence electrons. The Hall–Kier alpha value is -1.75. The molecule has 0 aliphatic heterocycles. The molecule has 4 nitrogen and oxygen atoms in total. The van der Waals surface area contributed by atoms with Gasteiger partial charge in [0.1, 0.15) is 10.8 Å². The number of aryl methyl sites for hydroxylation is 2. The standard InChI is InChI=1S/C16H19NO3S/c1-4-20-16(19)6-5-12(18)9-15-17-13-7-10(2)11(3)8-14(13)21-15/h7-8H,4-6,9H2,1-3H3. The maximum atomic E-state index is 11.9. The van der Waals surface area contributed by atoms with Crippen LogP contribution in [0.15, 0.2) is 12.1 Å². The average molecular weight is 305 g/mol. The Bertz CT molecular complexity index is 636. The van der Waals surface area contributed by atoms with E-state index in [0.29, 0.717) is 6.61 Å². The molecule has 0 saturated heterocycles. The van der Waals surface area contributed by atoms with Crippen molar-refractivity contribution in [1.29, 1.82) is 0 Å². The van der Waals surface area contributed by atoms with Gasteiger partial charge in [-0.3, -0.25) is 9.59 Å². The van der Waals surface area contributed by atoms with E-state index in [9.17, 15) is 9.59 Å². The van der Waals surface area contributed by atoms with Crippen LogP contribution in [0.1, 0.15) is 35.9 Å². The smallest absolute Gasteiger partial charge is 0.306 e. The molecular formula is C16H19NO3S. The largest absolute Gasteiger partial charge is 0.466 e. The summed E-state index contributed by atoms with van der Waals surface area (Å²) in [6, 6.07) is 4.16. The van der Waals surface area contributed by atoms with Crippen molar-refractivity contribution in [3.05, 3.63) is 28.3 Å². The summed E-state index contributed by atoms with van der Waals surface area (Å²) < 4.78 is 5.92. The first-order valence-electron chi connectivity index (χ1n) is 7.03. The van der Waals surface area contributed by atoms with Crippen LogP contribution in [0, 0.1) is 13.8 Å². The molecule has 0 aliphatic rings. The second kappa shape index (κ2) is 6.80. The molecule has 0 radical (unpaired) electrons.